The maximum atomic E-state index is 11.7. The molecule has 1 aromatic heterocycles. The van der Waals surface area contributed by atoms with Gasteiger partial charge in [-0.3, -0.25) is 0 Å². The van der Waals surface area contributed by atoms with Crippen molar-refractivity contribution in [3.8, 4) is 5.75 Å². The first kappa shape index (κ1) is 13.4. The van der Waals surface area contributed by atoms with E-state index in [1.807, 2.05) is 32.9 Å². The third-order valence-electron chi connectivity index (χ3n) is 3.13. The SMILES string of the molecule is C=C(C)COc1cc(C)cc2oc(=O)c(C)c(C)c12. The standard InChI is InChI=1S/C16H18O3/c1-9(2)8-18-13-6-10(3)7-14-15(13)11(4)12(5)16(17)19-14/h6-7H,1,8H2,2-5H3. The van der Waals surface area contributed by atoms with E-state index in [9.17, 15) is 4.79 Å². The zero-order valence-corrected chi connectivity index (χ0v) is 11.8. The summed E-state index contributed by atoms with van der Waals surface area (Å²) in [4.78, 5) is 11.7. The van der Waals surface area contributed by atoms with Crippen LogP contribution in [-0.2, 0) is 0 Å². The summed E-state index contributed by atoms with van der Waals surface area (Å²) < 4.78 is 11.1. The van der Waals surface area contributed by atoms with Gasteiger partial charge >= 0.3 is 5.63 Å². The van der Waals surface area contributed by atoms with Crippen molar-refractivity contribution in [2.24, 2.45) is 0 Å². The number of fused-ring (bicyclic) bond motifs is 1. The molecule has 0 fully saturated rings. The van der Waals surface area contributed by atoms with Gasteiger partial charge in [0, 0.05) is 5.56 Å². The van der Waals surface area contributed by atoms with E-state index < -0.39 is 0 Å². The van der Waals surface area contributed by atoms with Crippen molar-refractivity contribution in [2.45, 2.75) is 27.7 Å². The van der Waals surface area contributed by atoms with E-state index in [1.54, 1.807) is 6.92 Å². The summed E-state index contributed by atoms with van der Waals surface area (Å²) in [5.41, 5.74) is 3.75. The van der Waals surface area contributed by atoms with Crippen molar-refractivity contribution in [2.75, 3.05) is 6.61 Å². The van der Waals surface area contributed by atoms with Crippen molar-refractivity contribution < 1.29 is 9.15 Å². The number of ether oxygens (including phenoxy) is 1. The van der Waals surface area contributed by atoms with Crippen LogP contribution in [-0.4, -0.2) is 6.61 Å². The molecule has 100 valence electrons. The van der Waals surface area contributed by atoms with Crippen LogP contribution < -0.4 is 10.4 Å². The second-order valence-electron chi connectivity index (χ2n) is 5.02. The van der Waals surface area contributed by atoms with Crippen LogP contribution in [0.4, 0.5) is 0 Å². The first-order valence-electron chi connectivity index (χ1n) is 6.22. The highest BCUT2D eigenvalue weighted by molar-refractivity contribution is 5.88. The molecular formula is C16H18O3. The van der Waals surface area contributed by atoms with Crippen molar-refractivity contribution >= 4 is 11.0 Å². The predicted octanol–water partition coefficient (Wildman–Crippen LogP) is 3.67. The quantitative estimate of drug-likeness (QED) is 0.623. The minimum Gasteiger partial charge on any atom is -0.488 e. The van der Waals surface area contributed by atoms with Crippen LogP contribution in [0.1, 0.15) is 23.6 Å². The summed E-state index contributed by atoms with van der Waals surface area (Å²) in [6.07, 6.45) is 0. The van der Waals surface area contributed by atoms with Crippen LogP contribution in [0.2, 0.25) is 0 Å². The Labute approximate surface area is 112 Å². The number of rotatable bonds is 3. The number of hydrogen-bond acceptors (Lipinski definition) is 3. The lowest BCUT2D eigenvalue weighted by Gasteiger charge is -2.12. The van der Waals surface area contributed by atoms with E-state index in [2.05, 4.69) is 6.58 Å². The molecule has 1 heterocycles. The Hall–Kier alpha value is -2.03. The predicted molar refractivity (Wildman–Crippen MR) is 77.0 cm³/mol. The molecular weight excluding hydrogens is 240 g/mol. The summed E-state index contributed by atoms with van der Waals surface area (Å²) in [5.74, 6) is 0.738. The molecule has 0 radical (unpaired) electrons. The second kappa shape index (κ2) is 4.92. The van der Waals surface area contributed by atoms with Crippen molar-refractivity contribution in [1.29, 1.82) is 0 Å². The summed E-state index contributed by atoms with van der Waals surface area (Å²) in [7, 11) is 0. The van der Waals surface area contributed by atoms with Crippen LogP contribution in [0.3, 0.4) is 0 Å². The fraction of sp³-hybridized carbons (Fsp3) is 0.312. The lowest BCUT2D eigenvalue weighted by Crippen LogP contribution is -2.07. The van der Waals surface area contributed by atoms with Crippen LogP contribution in [0, 0.1) is 20.8 Å². The molecule has 0 unspecified atom stereocenters. The molecule has 0 saturated carbocycles. The molecule has 3 nitrogen and oxygen atoms in total. The van der Waals surface area contributed by atoms with Crippen molar-refractivity contribution in [1.82, 2.24) is 0 Å². The third-order valence-corrected chi connectivity index (χ3v) is 3.13. The average molecular weight is 258 g/mol. The molecule has 1 aromatic carbocycles. The van der Waals surface area contributed by atoms with Gasteiger partial charge in [-0.15, -0.1) is 0 Å². The van der Waals surface area contributed by atoms with E-state index in [0.29, 0.717) is 17.8 Å². The molecule has 0 spiro atoms. The van der Waals surface area contributed by atoms with Gasteiger partial charge in [0.25, 0.3) is 0 Å². The average Bonchev–Trinajstić information content (AvgIpc) is 2.32. The topological polar surface area (TPSA) is 39.4 Å². The van der Waals surface area contributed by atoms with Gasteiger partial charge in [0.2, 0.25) is 0 Å². The molecule has 3 heteroatoms. The van der Waals surface area contributed by atoms with Gasteiger partial charge in [-0.2, -0.15) is 0 Å². The van der Waals surface area contributed by atoms with E-state index >= 15 is 0 Å². The monoisotopic (exact) mass is 258 g/mol. The second-order valence-corrected chi connectivity index (χ2v) is 5.02. The lowest BCUT2D eigenvalue weighted by molar-refractivity contribution is 0.356. The van der Waals surface area contributed by atoms with E-state index in [-0.39, 0.29) is 5.63 Å². The van der Waals surface area contributed by atoms with Gasteiger partial charge < -0.3 is 9.15 Å². The van der Waals surface area contributed by atoms with E-state index in [0.717, 1.165) is 27.8 Å². The highest BCUT2D eigenvalue weighted by Gasteiger charge is 2.13. The van der Waals surface area contributed by atoms with Gasteiger partial charge in [-0.05, 0) is 56.5 Å². The molecule has 0 atom stereocenters. The Kier molecular flexibility index (Phi) is 3.47. The summed E-state index contributed by atoms with van der Waals surface area (Å²) in [6.45, 7) is 11.8. The highest BCUT2D eigenvalue weighted by Crippen LogP contribution is 2.30. The van der Waals surface area contributed by atoms with Gasteiger partial charge in [-0.25, -0.2) is 4.79 Å². The molecule has 0 N–H and O–H groups in total. The maximum Gasteiger partial charge on any atom is 0.339 e. The van der Waals surface area contributed by atoms with Gasteiger partial charge in [0.1, 0.15) is 17.9 Å². The molecule has 2 aromatic rings. The largest absolute Gasteiger partial charge is 0.488 e. The first-order valence-corrected chi connectivity index (χ1v) is 6.22. The van der Waals surface area contributed by atoms with Crippen LogP contribution in [0.5, 0.6) is 5.75 Å². The Morgan fingerprint density at radius 2 is 1.95 bits per heavy atom. The lowest BCUT2D eigenvalue weighted by atomic mass is 10.0. The molecule has 0 aliphatic heterocycles. The Morgan fingerprint density at radius 1 is 1.26 bits per heavy atom. The van der Waals surface area contributed by atoms with Gasteiger partial charge in [0.15, 0.2) is 0 Å². The fourth-order valence-electron chi connectivity index (χ4n) is 2.00. The normalized spacial score (nSPS) is 10.7. The van der Waals surface area contributed by atoms with Gasteiger partial charge in [-0.1, -0.05) is 6.58 Å². The maximum absolute atomic E-state index is 11.7. The zero-order valence-electron chi connectivity index (χ0n) is 11.8. The number of hydrogen-bond donors (Lipinski definition) is 0. The van der Waals surface area contributed by atoms with E-state index in [4.69, 9.17) is 9.15 Å². The molecule has 0 bridgehead atoms. The van der Waals surface area contributed by atoms with Crippen molar-refractivity contribution in [3.63, 3.8) is 0 Å². The highest BCUT2D eigenvalue weighted by atomic mass is 16.5. The van der Waals surface area contributed by atoms with Crippen LogP contribution in [0.15, 0.2) is 33.5 Å². The smallest absolute Gasteiger partial charge is 0.339 e. The van der Waals surface area contributed by atoms with Gasteiger partial charge in [0.05, 0.1) is 5.39 Å². The van der Waals surface area contributed by atoms with Crippen LogP contribution in [0.25, 0.3) is 11.0 Å². The summed E-state index contributed by atoms with van der Waals surface area (Å²) in [5, 5.41) is 0.865. The minimum absolute atomic E-state index is 0.290. The summed E-state index contributed by atoms with van der Waals surface area (Å²) >= 11 is 0. The minimum atomic E-state index is -0.290. The Morgan fingerprint density at radius 3 is 2.58 bits per heavy atom. The Balaban J connectivity index is 2.71. The fourth-order valence-corrected chi connectivity index (χ4v) is 2.00. The number of benzene rings is 1. The molecule has 0 aliphatic rings. The third kappa shape index (κ3) is 2.55. The molecule has 0 aliphatic carbocycles. The summed E-state index contributed by atoms with van der Waals surface area (Å²) in [6, 6.07) is 3.81. The first-order chi connectivity index (χ1) is 8.90. The zero-order chi connectivity index (χ0) is 14.2. The molecule has 19 heavy (non-hydrogen) atoms. The molecule has 2 rings (SSSR count). The van der Waals surface area contributed by atoms with Crippen LogP contribution >= 0.6 is 0 Å². The van der Waals surface area contributed by atoms with Crippen molar-refractivity contribution in [3.05, 3.63) is 51.4 Å². The molecule has 0 saturated heterocycles. The van der Waals surface area contributed by atoms with E-state index in [1.165, 1.54) is 0 Å². The number of aryl methyl sites for hydroxylation is 2. The Bertz CT molecular complexity index is 708. The molecule has 0 amide bonds.